The highest BCUT2D eigenvalue weighted by molar-refractivity contribution is 8.26. The Balaban J connectivity index is 1.92. The van der Waals surface area contributed by atoms with Gasteiger partial charge in [0.1, 0.15) is 21.8 Å². The Morgan fingerprint density at radius 2 is 1.79 bits per heavy atom. The molecule has 0 spiro atoms. The molecule has 0 N–H and O–H groups in total. The summed E-state index contributed by atoms with van der Waals surface area (Å²) in [5.41, 5.74) is 0.974. The van der Waals surface area contributed by atoms with E-state index in [9.17, 15) is 19.6 Å². The van der Waals surface area contributed by atoms with Crippen molar-refractivity contribution >= 4 is 52.1 Å². The molecule has 0 atom stereocenters. The number of pyridine rings is 1. The molecule has 0 radical (unpaired) electrons. The summed E-state index contributed by atoms with van der Waals surface area (Å²) in [5.74, 6) is 0.194. The smallest absolute Gasteiger partial charge is 0.309 e. The van der Waals surface area contributed by atoms with E-state index in [-0.39, 0.29) is 28.9 Å². The summed E-state index contributed by atoms with van der Waals surface area (Å²) < 4.78 is 7.37. The molecule has 1 aromatic heterocycles. The average Bonchev–Trinajstić information content (AvgIpc) is 3.19. The number of carbonyl (C=O) groups excluding carboxylic acids is 2. The van der Waals surface area contributed by atoms with Crippen LogP contribution in [0.3, 0.4) is 0 Å². The van der Waals surface area contributed by atoms with Gasteiger partial charge in [-0.05, 0) is 51.7 Å². The number of amides is 1. The van der Waals surface area contributed by atoms with Gasteiger partial charge in [0.05, 0.1) is 17.4 Å². The molecule has 1 amide bonds. The molecular weight excluding hydrogens is 532 g/mol. The van der Waals surface area contributed by atoms with Gasteiger partial charge < -0.3 is 9.64 Å². The predicted octanol–water partition coefficient (Wildman–Crippen LogP) is 5.39. The molecule has 39 heavy (non-hydrogen) atoms. The van der Waals surface area contributed by atoms with E-state index in [1.165, 1.54) is 31.0 Å². The van der Waals surface area contributed by atoms with Crippen molar-refractivity contribution in [2.45, 2.75) is 85.6 Å². The predicted molar refractivity (Wildman–Crippen MR) is 161 cm³/mol. The van der Waals surface area contributed by atoms with Gasteiger partial charge in [0.15, 0.2) is 0 Å². The second-order valence-corrected chi connectivity index (χ2v) is 11.7. The van der Waals surface area contributed by atoms with E-state index in [4.69, 9.17) is 17.0 Å². The van der Waals surface area contributed by atoms with Crippen molar-refractivity contribution in [1.82, 2.24) is 9.47 Å². The van der Waals surface area contributed by atoms with Crippen LogP contribution in [0.2, 0.25) is 0 Å². The minimum atomic E-state index is -0.340. The van der Waals surface area contributed by atoms with Crippen molar-refractivity contribution in [2.24, 2.45) is 5.92 Å². The summed E-state index contributed by atoms with van der Waals surface area (Å²) >= 11 is 6.84. The molecule has 0 unspecified atom stereocenters. The quantitative estimate of drug-likeness (QED) is 0.142. The van der Waals surface area contributed by atoms with Gasteiger partial charge in [-0.2, -0.15) is 5.26 Å². The highest BCUT2D eigenvalue weighted by Gasteiger charge is 2.34. The second kappa shape index (κ2) is 14.7. The number of hydrogen-bond donors (Lipinski definition) is 0. The van der Waals surface area contributed by atoms with Gasteiger partial charge in [0.2, 0.25) is 0 Å². The van der Waals surface area contributed by atoms with Gasteiger partial charge in [-0.3, -0.25) is 23.9 Å². The van der Waals surface area contributed by atoms with Crippen LogP contribution < -0.4 is 10.5 Å². The lowest BCUT2D eigenvalue weighted by Crippen LogP contribution is -2.41. The fourth-order valence-electron chi connectivity index (χ4n) is 5.24. The second-order valence-electron chi connectivity index (χ2n) is 10.0. The van der Waals surface area contributed by atoms with Gasteiger partial charge in [-0.15, -0.1) is 0 Å². The lowest BCUT2D eigenvalue weighted by Gasteiger charge is -2.35. The van der Waals surface area contributed by atoms with Gasteiger partial charge in [-0.25, -0.2) is 0 Å². The lowest BCUT2D eigenvalue weighted by molar-refractivity contribution is -0.148. The number of hydrogen-bond acceptors (Lipinski definition) is 8. The molecule has 2 saturated heterocycles. The molecule has 0 aromatic carbocycles. The fraction of sp³-hybridized carbons (Fsp3) is 0.621. The Bertz CT molecular complexity index is 1210. The summed E-state index contributed by atoms with van der Waals surface area (Å²) in [6, 6.07) is 2.08. The summed E-state index contributed by atoms with van der Waals surface area (Å²) in [6.45, 7) is 10.1. The first kappa shape index (κ1) is 30.9. The molecule has 1 aromatic rings. The van der Waals surface area contributed by atoms with E-state index < -0.39 is 0 Å². The molecule has 212 valence electrons. The van der Waals surface area contributed by atoms with E-state index in [1.54, 1.807) is 29.4 Å². The van der Waals surface area contributed by atoms with Gasteiger partial charge in [0, 0.05) is 31.7 Å². The summed E-state index contributed by atoms with van der Waals surface area (Å²) in [6.07, 6.45) is 9.78. The van der Waals surface area contributed by atoms with Crippen molar-refractivity contribution < 1.29 is 14.3 Å². The number of piperidine rings is 1. The summed E-state index contributed by atoms with van der Waals surface area (Å²) in [4.78, 5) is 43.2. The molecule has 2 aliphatic heterocycles. The van der Waals surface area contributed by atoms with Gasteiger partial charge in [0.25, 0.3) is 11.5 Å². The van der Waals surface area contributed by atoms with Gasteiger partial charge in [-0.1, -0.05) is 63.0 Å². The molecule has 2 fully saturated rings. The SMILES string of the molecule is CCCCCCCCN1C(=O)/C(=C\c2c(C)c(C#N)c(=O)n(CC)c2N2CCC(C(=O)OCC)CC2)SC1=S. The third-order valence-corrected chi connectivity index (χ3v) is 8.84. The van der Waals surface area contributed by atoms with Crippen molar-refractivity contribution in [3.05, 3.63) is 31.9 Å². The third-order valence-electron chi connectivity index (χ3n) is 7.46. The first-order valence-electron chi connectivity index (χ1n) is 14.1. The van der Waals surface area contributed by atoms with Crippen LogP contribution >= 0.6 is 24.0 Å². The molecule has 10 heteroatoms. The molecule has 8 nitrogen and oxygen atoms in total. The van der Waals surface area contributed by atoms with Crippen molar-refractivity contribution in [1.29, 1.82) is 5.26 Å². The maximum Gasteiger partial charge on any atom is 0.309 e. The van der Waals surface area contributed by atoms with Crippen LogP contribution in [0.1, 0.15) is 88.8 Å². The number of carbonyl (C=O) groups is 2. The van der Waals surface area contributed by atoms with E-state index in [0.29, 0.717) is 71.8 Å². The molecule has 0 saturated carbocycles. The standard InChI is InChI=1S/C29H40N4O4S2/c1-5-8-9-10-11-12-15-33-27(35)24(39-29(33)38)18-22-20(4)23(19-30)26(34)32(6-2)25(22)31-16-13-21(14-17-31)28(36)37-7-3/h18,21H,5-17H2,1-4H3/b24-18+. The van der Waals surface area contributed by atoms with E-state index in [1.807, 2.05) is 6.92 Å². The summed E-state index contributed by atoms with van der Waals surface area (Å²) in [5, 5.41) is 9.81. The number of thioether (sulfide) groups is 1. The highest BCUT2D eigenvalue weighted by atomic mass is 32.2. The molecule has 0 aliphatic carbocycles. The van der Waals surface area contributed by atoms with Crippen LogP contribution in [-0.2, 0) is 20.9 Å². The van der Waals surface area contributed by atoms with Crippen LogP contribution in [0, 0.1) is 24.2 Å². The molecule has 0 bridgehead atoms. The van der Waals surface area contributed by atoms with Gasteiger partial charge >= 0.3 is 5.97 Å². The Morgan fingerprint density at radius 1 is 1.13 bits per heavy atom. The number of unbranched alkanes of at least 4 members (excludes halogenated alkanes) is 5. The van der Waals surface area contributed by atoms with E-state index in [2.05, 4.69) is 17.9 Å². The number of thiocarbonyl (C=S) groups is 1. The number of nitriles is 1. The van der Waals surface area contributed by atoms with Crippen molar-refractivity contribution in [2.75, 3.05) is 31.1 Å². The average molecular weight is 573 g/mol. The molecule has 3 rings (SSSR count). The number of esters is 1. The minimum Gasteiger partial charge on any atom is -0.466 e. The minimum absolute atomic E-state index is 0.0795. The Labute approximate surface area is 241 Å². The lowest BCUT2D eigenvalue weighted by atomic mass is 9.95. The number of ether oxygens (including phenoxy) is 1. The largest absolute Gasteiger partial charge is 0.466 e. The number of rotatable bonds is 12. The monoisotopic (exact) mass is 572 g/mol. The Kier molecular flexibility index (Phi) is 11.6. The fourth-order valence-corrected chi connectivity index (χ4v) is 6.53. The first-order valence-corrected chi connectivity index (χ1v) is 15.4. The number of aromatic nitrogens is 1. The van der Waals surface area contributed by atoms with Crippen LogP contribution in [0.15, 0.2) is 9.70 Å². The van der Waals surface area contributed by atoms with Crippen LogP contribution in [0.5, 0.6) is 0 Å². The van der Waals surface area contributed by atoms with Crippen molar-refractivity contribution in [3.8, 4) is 6.07 Å². The third kappa shape index (κ3) is 7.12. The zero-order chi connectivity index (χ0) is 28.5. The maximum absolute atomic E-state index is 13.4. The maximum atomic E-state index is 13.4. The Morgan fingerprint density at radius 3 is 2.41 bits per heavy atom. The van der Waals surface area contributed by atoms with Crippen LogP contribution in [-0.4, -0.2) is 51.9 Å². The van der Waals surface area contributed by atoms with Crippen molar-refractivity contribution in [3.63, 3.8) is 0 Å². The Hall–Kier alpha value is -2.64. The zero-order valence-corrected chi connectivity index (χ0v) is 25.2. The number of nitrogens with zero attached hydrogens (tertiary/aromatic N) is 4. The molecule has 2 aliphatic rings. The highest BCUT2D eigenvalue weighted by Crippen LogP contribution is 2.37. The molecular formula is C29H40N4O4S2. The topological polar surface area (TPSA) is 95.6 Å². The van der Waals surface area contributed by atoms with Crippen LogP contribution in [0.25, 0.3) is 6.08 Å². The van der Waals surface area contributed by atoms with Crippen LogP contribution in [0.4, 0.5) is 5.82 Å². The molecule has 3 heterocycles. The number of anilines is 1. The summed E-state index contributed by atoms with van der Waals surface area (Å²) in [7, 11) is 0. The normalized spacial score (nSPS) is 17.3. The van der Waals surface area contributed by atoms with E-state index in [0.717, 1.165) is 19.3 Å². The van der Waals surface area contributed by atoms with E-state index >= 15 is 0 Å². The zero-order valence-electron chi connectivity index (χ0n) is 23.6. The first-order chi connectivity index (χ1) is 18.8.